The molecule has 1 N–H and O–H groups in total. The number of benzene rings is 2. The Kier molecular flexibility index (Phi) is 6.30. The molecule has 144 valence electrons. The Morgan fingerprint density at radius 3 is 2.11 bits per heavy atom. The van der Waals surface area contributed by atoms with E-state index in [0.29, 0.717) is 6.54 Å². The Labute approximate surface area is 163 Å². The summed E-state index contributed by atoms with van der Waals surface area (Å²) in [6.07, 6.45) is 1.91. The zero-order valence-corrected chi connectivity index (χ0v) is 16.7. The highest BCUT2D eigenvalue weighted by Gasteiger charge is 2.40. The van der Waals surface area contributed by atoms with Gasteiger partial charge in [-0.2, -0.15) is 0 Å². The van der Waals surface area contributed by atoms with E-state index in [1.54, 1.807) is 0 Å². The predicted molar refractivity (Wildman–Crippen MR) is 111 cm³/mol. The van der Waals surface area contributed by atoms with Gasteiger partial charge in [0.05, 0.1) is 5.92 Å². The number of likely N-dealkylation sites (tertiary alicyclic amines) is 1. The maximum Gasteiger partial charge on any atom is 0.231 e. The fourth-order valence-corrected chi connectivity index (χ4v) is 4.30. The fraction of sp³-hybridized carbons (Fsp3) is 0.435. The third-order valence-corrected chi connectivity index (χ3v) is 5.98. The van der Waals surface area contributed by atoms with Crippen molar-refractivity contribution in [1.82, 2.24) is 15.1 Å². The molecule has 2 aromatic carbocycles. The first-order valence-electron chi connectivity index (χ1n) is 9.80. The van der Waals surface area contributed by atoms with E-state index in [4.69, 9.17) is 0 Å². The molecule has 0 bridgehead atoms. The molecule has 1 atom stereocenters. The van der Waals surface area contributed by atoms with E-state index >= 15 is 0 Å². The van der Waals surface area contributed by atoms with Crippen LogP contribution in [0.4, 0.5) is 0 Å². The highest BCUT2D eigenvalue weighted by molar-refractivity contribution is 5.84. The molecule has 3 rings (SSSR count). The average Bonchev–Trinajstić information content (AvgIpc) is 2.72. The van der Waals surface area contributed by atoms with Crippen LogP contribution in [-0.4, -0.2) is 56.5 Å². The summed E-state index contributed by atoms with van der Waals surface area (Å²) in [4.78, 5) is 17.7. The van der Waals surface area contributed by atoms with Gasteiger partial charge in [-0.05, 0) is 45.1 Å². The van der Waals surface area contributed by atoms with Crippen molar-refractivity contribution < 1.29 is 4.79 Å². The van der Waals surface area contributed by atoms with Gasteiger partial charge in [0.25, 0.3) is 0 Å². The highest BCUT2D eigenvalue weighted by Crippen LogP contribution is 2.38. The molecule has 1 aliphatic heterocycles. The molecule has 1 saturated heterocycles. The van der Waals surface area contributed by atoms with Crippen LogP contribution in [0.25, 0.3) is 0 Å². The van der Waals surface area contributed by atoms with Gasteiger partial charge in [0.2, 0.25) is 5.91 Å². The van der Waals surface area contributed by atoms with E-state index in [9.17, 15) is 4.79 Å². The quantitative estimate of drug-likeness (QED) is 0.855. The second-order valence-electron chi connectivity index (χ2n) is 7.64. The summed E-state index contributed by atoms with van der Waals surface area (Å²) in [5, 5.41) is 3.19. The van der Waals surface area contributed by atoms with Gasteiger partial charge in [0, 0.05) is 25.2 Å². The largest absolute Gasteiger partial charge is 0.342 e. The lowest BCUT2D eigenvalue weighted by molar-refractivity contribution is -0.135. The van der Waals surface area contributed by atoms with Gasteiger partial charge >= 0.3 is 0 Å². The maximum atomic E-state index is 13.3. The van der Waals surface area contributed by atoms with Crippen LogP contribution in [0.1, 0.15) is 29.9 Å². The van der Waals surface area contributed by atoms with Crippen LogP contribution in [0.15, 0.2) is 60.7 Å². The molecule has 1 aliphatic rings. The number of rotatable bonds is 6. The van der Waals surface area contributed by atoms with Gasteiger partial charge in [0.15, 0.2) is 0 Å². The normalized spacial score (nSPS) is 17.7. The lowest BCUT2D eigenvalue weighted by atomic mass is 9.79. The minimum atomic E-state index is -0.125. The van der Waals surface area contributed by atoms with Crippen LogP contribution < -0.4 is 5.32 Å². The van der Waals surface area contributed by atoms with Crippen molar-refractivity contribution in [3.63, 3.8) is 0 Å². The van der Waals surface area contributed by atoms with Crippen molar-refractivity contribution in [3.05, 3.63) is 71.8 Å². The third-order valence-electron chi connectivity index (χ3n) is 5.98. The summed E-state index contributed by atoms with van der Waals surface area (Å²) >= 11 is 0. The van der Waals surface area contributed by atoms with Gasteiger partial charge in [0.1, 0.15) is 0 Å². The Morgan fingerprint density at radius 2 is 1.59 bits per heavy atom. The Hall–Kier alpha value is -2.17. The topological polar surface area (TPSA) is 35.6 Å². The fourth-order valence-electron chi connectivity index (χ4n) is 4.30. The van der Waals surface area contributed by atoms with Gasteiger partial charge < -0.3 is 10.2 Å². The van der Waals surface area contributed by atoms with Crippen LogP contribution in [0, 0.1) is 0 Å². The van der Waals surface area contributed by atoms with Crippen LogP contribution >= 0.6 is 0 Å². The molecule has 4 nitrogen and oxygen atoms in total. The first-order valence-corrected chi connectivity index (χ1v) is 9.80. The summed E-state index contributed by atoms with van der Waals surface area (Å²) in [6, 6.07) is 20.8. The van der Waals surface area contributed by atoms with Gasteiger partial charge in [-0.25, -0.2) is 0 Å². The molecule has 0 saturated carbocycles. The molecule has 2 aromatic rings. The van der Waals surface area contributed by atoms with Crippen molar-refractivity contribution in [2.75, 3.05) is 40.8 Å². The number of amides is 1. The number of carbonyl (C=O) groups is 1. The number of hydrogen-bond acceptors (Lipinski definition) is 3. The number of hydrogen-bond donors (Lipinski definition) is 1. The molecular weight excluding hydrogens is 334 g/mol. The molecular formula is C23H31N3O. The van der Waals surface area contributed by atoms with E-state index in [1.807, 2.05) is 25.2 Å². The van der Waals surface area contributed by atoms with Crippen LogP contribution in [0.2, 0.25) is 0 Å². The predicted octanol–water partition coefficient (Wildman–Crippen LogP) is 3.07. The minimum absolute atomic E-state index is 0.00326. The zero-order valence-electron chi connectivity index (χ0n) is 16.7. The third kappa shape index (κ3) is 4.07. The summed E-state index contributed by atoms with van der Waals surface area (Å²) in [5.41, 5.74) is 2.44. The standard InChI is InChI=1S/C23H31N3O/c1-24-18-21(19-10-6-4-7-11-19)22(27)26-16-14-23(15-17-26,25(2)3)20-12-8-5-9-13-20/h4-13,21,24H,14-18H2,1-3H3. The zero-order chi connectivity index (χ0) is 19.3. The Balaban J connectivity index is 1.76. The number of nitrogens with one attached hydrogen (secondary N) is 1. The van der Waals surface area contributed by atoms with E-state index in [2.05, 4.69) is 71.7 Å². The monoisotopic (exact) mass is 365 g/mol. The van der Waals surface area contributed by atoms with E-state index in [0.717, 1.165) is 31.5 Å². The molecule has 1 fully saturated rings. The Morgan fingerprint density at radius 1 is 1.04 bits per heavy atom. The van der Waals surface area contributed by atoms with Crippen molar-refractivity contribution >= 4 is 5.91 Å². The van der Waals surface area contributed by atoms with Crippen LogP contribution in [-0.2, 0) is 10.3 Å². The molecule has 0 aliphatic carbocycles. The first-order chi connectivity index (χ1) is 13.1. The Bertz CT molecular complexity index is 722. The summed E-state index contributed by atoms with van der Waals surface area (Å²) in [5.74, 6) is 0.107. The summed E-state index contributed by atoms with van der Waals surface area (Å²) in [7, 11) is 6.21. The number of likely N-dealkylation sites (N-methyl/N-ethyl adjacent to an activating group) is 1. The van der Waals surface area contributed by atoms with E-state index in [1.165, 1.54) is 5.56 Å². The molecule has 0 spiro atoms. The molecule has 27 heavy (non-hydrogen) atoms. The molecule has 1 amide bonds. The van der Waals surface area contributed by atoms with Gasteiger partial charge in [-0.1, -0.05) is 60.7 Å². The SMILES string of the molecule is CNCC(C(=O)N1CCC(c2ccccc2)(N(C)C)CC1)c1ccccc1. The van der Waals surface area contributed by atoms with Crippen LogP contribution in [0.5, 0.6) is 0 Å². The molecule has 1 heterocycles. The van der Waals surface area contributed by atoms with Crippen LogP contribution in [0.3, 0.4) is 0 Å². The lowest BCUT2D eigenvalue weighted by Crippen LogP contribution is -2.53. The maximum absolute atomic E-state index is 13.3. The van der Waals surface area contributed by atoms with Crippen molar-refractivity contribution in [3.8, 4) is 0 Å². The second kappa shape index (κ2) is 8.68. The van der Waals surface area contributed by atoms with Gasteiger partial charge in [-0.15, -0.1) is 0 Å². The van der Waals surface area contributed by atoms with Gasteiger partial charge in [-0.3, -0.25) is 9.69 Å². The average molecular weight is 366 g/mol. The lowest BCUT2D eigenvalue weighted by Gasteiger charge is -2.47. The summed E-state index contributed by atoms with van der Waals surface area (Å²) < 4.78 is 0. The smallest absolute Gasteiger partial charge is 0.231 e. The summed E-state index contributed by atoms with van der Waals surface area (Å²) in [6.45, 7) is 2.24. The second-order valence-corrected chi connectivity index (χ2v) is 7.64. The highest BCUT2D eigenvalue weighted by atomic mass is 16.2. The van der Waals surface area contributed by atoms with Crippen molar-refractivity contribution in [2.45, 2.75) is 24.3 Å². The number of carbonyl (C=O) groups excluding carboxylic acids is 1. The van der Waals surface area contributed by atoms with Crippen molar-refractivity contribution in [1.29, 1.82) is 0 Å². The molecule has 1 unspecified atom stereocenters. The minimum Gasteiger partial charge on any atom is -0.342 e. The number of piperidine rings is 1. The first kappa shape index (κ1) is 19.6. The molecule has 0 radical (unpaired) electrons. The van der Waals surface area contributed by atoms with E-state index < -0.39 is 0 Å². The number of nitrogens with zero attached hydrogens (tertiary/aromatic N) is 2. The van der Waals surface area contributed by atoms with Crippen molar-refractivity contribution in [2.24, 2.45) is 0 Å². The molecule has 0 aromatic heterocycles. The van der Waals surface area contributed by atoms with E-state index in [-0.39, 0.29) is 17.4 Å². The molecule has 4 heteroatoms.